The molecule has 0 saturated carbocycles. The highest BCUT2D eigenvalue weighted by molar-refractivity contribution is 5.54. The van der Waals surface area contributed by atoms with E-state index in [0.717, 1.165) is 25.5 Å². The predicted molar refractivity (Wildman–Crippen MR) is 63.4 cm³/mol. The zero-order valence-electron chi connectivity index (χ0n) is 9.33. The van der Waals surface area contributed by atoms with Gasteiger partial charge in [-0.15, -0.1) is 0 Å². The second kappa shape index (κ2) is 5.17. The highest BCUT2D eigenvalue weighted by Crippen LogP contribution is 2.34. The number of hydrogen-bond acceptors (Lipinski definition) is 2. The van der Waals surface area contributed by atoms with Gasteiger partial charge in [0.2, 0.25) is 0 Å². The van der Waals surface area contributed by atoms with Crippen molar-refractivity contribution in [3.63, 3.8) is 0 Å². The van der Waals surface area contributed by atoms with Gasteiger partial charge in [0.05, 0.1) is 0 Å². The predicted octanol–water partition coefficient (Wildman–Crippen LogP) is 3.01. The minimum atomic E-state index is 0.720. The number of hydrogen-bond donors (Lipinski definition) is 1. The van der Waals surface area contributed by atoms with Crippen molar-refractivity contribution in [1.29, 1.82) is 0 Å². The summed E-state index contributed by atoms with van der Waals surface area (Å²) in [6.07, 6.45) is 3.66. The standard InChI is InChI=1S/C13H19NO/c1-15-10-4-5-11-8-9-14-13-7-3-2-6-12(11)13/h2-3,6-7,11,14H,4-5,8-10H2,1H3. The molecule has 1 unspecified atom stereocenters. The molecule has 1 aliphatic heterocycles. The second-order valence-corrected chi connectivity index (χ2v) is 4.13. The molecule has 1 aromatic rings. The van der Waals surface area contributed by atoms with E-state index in [2.05, 4.69) is 29.6 Å². The van der Waals surface area contributed by atoms with Gasteiger partial charge in [-0.3, -0.25) is 0 Å². The van der Waals surface area contributed by atoms with Gasteiger partial charge in [0.25, 0.3) is 0 Å². The van der Waals surface area contributed by atoms with Crippen molar-refractivity contribution in [2.24, 2.45) is 0 Å². The highest BCUT2D eigenvalue weighted by atomic mass is 16.5. The third-order valence-electron chi connectivity index (χ3n) is 3.11. The molecule has 0 aromatic heterocycles. The van der Waals surface area contributed by atoms with Crippen LogP contribution in [0.15, 0.2) is 24.3 Å². The quantitative estimate of drug-likeness (QED) is 0.763. The molecule has 0 aliphatic carbocycles. The molecule has 1 heterocycles. The topological polar surface area (TPSA) is 21.3 Å². The maximum Gasteiger partial charge on any atom is 0.0462 e. The summed E-state index contributed by atoms with van der Waals surface area (Å²) in [6, 6.07) is 8.66. The van der Waals surface area contributed by atoms with E-state index in [9.17, 15) is 0 Å². The van der Waals surface area contributed by atoms with Gasteiger partial charge in [-0.2, -0.15) is 0 Å². The molecule has 0 amide bonds. The molecule has 2 nitrogen and oxygen atoms in total. The van der Waals surface area contributed by atoms with E-state index in [1.54, 1.807) is 7.11 Å². The first-order chi connectivity index (χ1) is 7.42. The fourth-order valence-electron chi connectivity index (χ4n) is 2.32. The molecule has 0 spiro atoms. The van der Waals surface area contributed by atoms with Crippen LogP contribution in [-0.4, -0.2) is 20.3 Å². The molecule has 0 saturated heterocycles. The van der Waals surface area contributed by atoms with Gasteiger partial charge < -0.3 is 10.1 Å². The Labute approximate surface area is 91.6 Å². The van der Waals surface area contributed by atoms with Crippen LogP contribution in [0.2, 0.25) is 0 Å². The summed E-state index contributed by atoms with van der Waals surface area (Å²) in [5, 5.41) is 3.45. The molecular weight excluding hydrogens is 186 g/mol. The SMILES string of the molecule is COCCCC1CCNc2ccccc21. The van der Waals surface area contributed by atoms with Crippen molar-refractivity contribution >= 4 is 5.69 Å². The van der Waals surface area contributed by atoms with Gasteiger partial charge in [0, 0.05) is 25.9 Å². The third kappa shape index (κ3) is 2.51. The lowest BCUT2D eigenvalue weighted by Gasteiger charge is -2.26. The van der Waals surface area contributed by atoms with E-state index >= 15 is 0 Å². The fourth-order valence-corrected chi connectivity index (χ4v) is 2.32. The third-order valence-corrected chi connectivity index (χ3v) is 3.11. The van der Waals surface area contributed by atoms with Crippen molar-refractivity contribution in [2.45, 2.75) is 25.2 Å². The number of benzene rings is 1. The van der Waals surface area contributed by atoms with Crippen LogP contribution in [0.4, 0.5) is 5.69 Å². The van der Waals surface area contributed by atoms with Crippen molar-refractivity contribution in [1.82, 2.24) is 0 Å². The Bertz CT molecular complexity index is 311. The second-order valence-electron chi connectivity index (χ2n) is 4.13. The Balaban J connectivity index is 2.02. The van der Waals surface area contributed by atoms with Crippen LogP contribution in [0.25, 0.3) is 0 Å². The maximum absolute atomic E-state index is 5.11. The minimum absolute atomic E-state index is 0.720. The smallest absolute Gasteiger partial charge is 0.0462 e. The molecule has 2 heteroatoms. The van der Waals surface area contributed by atoms with E-state index in [1.807, 2.05) is 0 Å². The summed E-state index contributed by atoms with van der Waals surface area (Å²) in [6.45, 7) is 1.99. The van der Waals surface area contributed by atoms with Gasteiger partial charge in [0.15, 0.2) is 0 Å². The van der Waals surface area contributed by atoms with Gasteiger partial charge in [-0.05, 0) is 36.8 Å². The van der Waals surface area contributed by atoms with Crippen molar-refractivity contribution < 1.29 is 4.74 Å². The number of rotatable bonds is 4. The number of methoxy groups -OCH3 is 1. The fraction of sp³-hybridized carbons (Fsp3) is 0.538. The van der Waals surface area contributed by atoms with Crippen LogP contribution < -0.4 is 5.32 Å². The zero-order valence-corrected chi connectivity index (χ0v) is 9.33. The van der Waals surface area contributed by atoms with Crippen LogP contribution in [0.5, 0.6) is 0 Å². The molecule has 1 atom stereocenters. The van der Waals surface area contributed by atoms with E-state index in [0.29, 0.717) is 0 Å². The number of fused-ring (bicyclic) bond motifs is 1. The molecule has 1 N–H and O–H groups in total. The molecule has 0 bridgehead atoms. The van der Waals surface area contributed by atoms with E-state index in [-0.39, 0.29) is 0 Å². The molecule has 0 radical (unpaired) electrons. The average Bonchev–Trinajstić information content (AvgIpc) is 2.30. The van der Waals surface area contributed by atoms with Crippen molar-refractivity contribution in [3.8, 4) is 0 Å². The normalized spacial score (nSPS) is 19.4. The lowest BCUT2D eigenvalue weighted by Crippen LogP contribution is -2.16. The summed E-state index contributed by atoms with van der Waals surface area (Å²) in [4.78, 5) is 0. The lowest BCUT2D eigenvalue weighted by atomic mass is 9.87. The Morgan fingerprint density at radius 3 is 3.13 bits per heavy atom. The summed E-state index contributed by atoms with van der Waals surface area (Å²) in [7, 11) is 1.77. The molecular formula is C13H19NO. The summed E-state index contributed by atoms with van der Waals surface area (Å²) >= 11 is 0. The molecule has 1 aliphatic rings. The largest absolute Gasteiger partial charge is 0.385 e. The van der Waals surface area contributed by atoms with Crippen LogP contribution in [0, 0.1) is 0 Å². The molecule has 15 heavy (non-hydrogen) atoms. The van der Waals surface area contributed by atoms with E-state index in [1.165, 1.54) is 24.1 Å². The average molecular weight is 205 g/mol. The molecule has 0 fully saturated rings. The Morgan fingerprint density at radius 2 is 2.27 bits per heavy atom. The van der Waals surface area contributed by atoms with Gasteiger partial charge in [-0.1, -0.05) is 18.2 Å². The monoisotopic (exact) mass is 205 g/mol. The van der Waals surface area contributed by atoms with Crippen LogP contribution >= 0.6 is 0 Å². The lowest BCUT2D eigenvalue weighted by molar-refractivity contribution is 0.190. The summed E-state index contributed by atoms with van der Waals surface area (Å²) in [5.41, 5.74) is 2.81. The summed E-state index contributed by atoms with van der Waals surface area (Å²) < 4.78 is 5.11. The molecule has 1 aromatic carbocycles. The molecule has 82 valence electrons. The first-order valence-electron chi connectivity index (χ1n) is 5.73. The van der Waals surface area contributed by atoms with Gasteiger partial charge in [0.1, 0.15) is 0 Å². The number of nitrogens with one attached hydrogen (secondary N) is 1. The van der Waals surface area contributed by atoms with Gasteiger partial charge in [-0.25, -0.2) is 0 Å². The first-order valence-corrected chi connectivity index (χ1v) is 5.73. The van der Waals surface area contributed by atoms with Crippen molar-refractivity contribution in [3.05, 3.63) is 29.8 Å². The zero-order chi connectivity index (χ0) is 10.5. The Kier molecular flexibility index (Phi) is 3.62. The number of para-hydroxylation sites is 1. The van der Waals surface area contributed by atoms with Crippen LogP contribution in [0.3, 0.4) is 0 Å². The van der Waals surface area contributed by atoms with Crippen LogP contribution in [0.1, 0.15) is 30.7 Å². The number of ether oxygens (including phenoxy) is 1. The Hall–Kier alpha value is -1.02. The summed E-state index contributed by atoms with van der Waals surface area (Å²) in [5.74, 6) is 0.720. The Morgan fingerprint density at radius 1 is 1.40 bits per heavy atom. The number of anilines is 1. The van der Waals surface area contributed by atoms with Gasteiger partial charge >= 0.3 is 0 Å². The molecule has 2 rings (SSSR count). The van der Waals surface area contributed by atoms with Crippen molar-refractivity contribution in [2.75, 3.05) is 25.6 Å². The first kappa shape index (κ1) is 10.5. The maximum atomic E-state index is 5.11. The minimum Gasteiger partial charge on any atom is -0.385 e. The van der Waals surface area contributed by atoms with E-state index < -0.39 is 0 Å². The van der Waals surface area contributed by atoms with Crippen LogP contribution in [-0.2, 0) is 4.74 Å². The highest BCUT2D eigenvalue weighted by Gasteiger charge is 2.18. The van der Waals surface area contributed by atoms with E-state index in [4.69, 9.17) is 4.74 Å².